The first-order valence-corrected chi connectivity index (χ1v) is 19.5. The van der Waals surface area contributed by atoms with Gasteiger partial charge in [0.1, 0.15) is 35.2 Å². The van der Waals surface area contributed by atoms with Gasteiger partial charge in [-0.25, -0.2) is 0 Å². The number of hydrogen-bond donors (Lipinski definition) is 1. The number of benzene rings is 4. The molecule has 2 aromatic heterocycles. The Kier molecular flexibility index (Phi) is 12.2. The third-order valence-corrected chi connectivity index (χ3v) is 10.3. The van der Waals surface area contributed by atoms with E-state index in [0.717, 1.165) is 50.9 Å². The van der Waals surface area contributed by atoms with Crippen molar-refractivity contribution in [2.75, 3.05) is 27.9 Å². The fourth-order valence-electron chi connectivity index (χ4n) is 7.04. The van der Waals surface area contributed by atoms with Gasteiger partial charge in [0.15, 0.2) is 11.6 Å². The van der Waals surface area contributed by atoms with Crippen LogP contribution in [-0.2, 0) is 14.3 Å². The number of ether oxygens (including phenoxy) is 3. The number of amides is 1. The number of carbonyl (C=O) groups is 2. The normalized spacial score (nSPS) is 15.0. The molecule has 4 aromatic carbocycles. The van der Waals surface area contributed by atoms with Gasteiger partial charge >= 0.3 is 5.97 Å². The molecule has 8 rings (SSSR count). The molecule has 0 unspecified atom stereocenters. The average molecular weight is 835 g/mol. The Hall–Kier alpha value is -6.38. The number of methoxy groups -OCH3 is 3. The molecule has 2 aliphatic rings. The Balaban J connectivity index is 0.000000179. The number of nitrogens with zero attached hydrogens (tertiary/aromatic N) is 8. The lowest BCUT2D eigenvalue weighted by Gasteiger charge is -2.14. The van der Waals surface area contributed by atoms with Crippen molar-refractivity contribution in [2.45, 2.75) is 45.7 Å². The molecule has 4 heterocycles. The predicted octanol–water partition coefficient (Wildman–Crippen LogP) is 7.35. The molecule has 2 atom stereocenters. The zero-order valence-electron chi connectivity index (χ0n) is 33.2. The van der Waals surface area contributed by atoms with Crippen molar-refractivity contribution >= 4 is 46.5 Å². The molecule has 0 saturated carbocycles. The van der Waals surface area contributed by atoms with Crippen molar-refractivity contribution in [3.05, 3.63) is 141 Å². The number of hydrogen-bond acceptors (Lipinski definition) is 11. The van der Waals surface area contributed by atoms with Crippen LogP contribution in [0.25, 0.3) is 11.4 Å². The van der Waals surface area contributed by atoms with Gasteiger partial charge in [0, 0.05) is 38.8 Å². The molecule has 0 bridgehead atoms. The van der Waals surface area contributed by atoms with Crippen LogP contribution in [0.3, 0.4) is 0 Å². The number of nitrogens with one attached hydrogen (secondary N) is 1. The number of esters is 1. The molecular weight excluding hydrogens is 793 g/mol. The monoisotopic (exact) mass is 833 g/mol. The highest BCUT2D eigenvalue weighted by Crippen LogP contribution is 2.36. The van der Waals surface area contributed by atoms with E-state index in [1.165, 1.54) is 7.11 Å². The SMILES string of the molecule is CCNC(=O)C[C@@H]1N=C(c2ccc(Cl)cc2)c2cc(OC)ccc2-n2c(C)nnc21.COC(=O)C[C@@H]1N=C(c2ccc(Cl)cc2)c2cc(OC)ccc2-n2c(C)nnc21. The number of carbonyl (C=O) groups excluding carboxylic acids is 2. The minimum Gasteiger partial charge on any atom is -0.497 e. The van der Waals surface area contributed by atoms with E-state index < -0.39 is 12.1 Å². The van der Waals surface area contributed by atoms with Crippen molar-refractivity contribution in [3.63, 3.8) is 0 Å². The summed E-state index contributed by atoms with van der Waals surface area (Å²) in [6, 6.07) is 25.4. The van der Waals surface area contributed by atoms with E-state index in [0.29, 0.717) is 45.6 Å². The first-order chi connectivity index (χ1) is 28.5. The molecule has 1 N–H and O–H groups in total. The highest BCUT2D eigenvalue weighted by Gasteiger charge is 2.32. The van der Waals surface area contributed by atoms with Crippen molar-refractivity contribution in [3.8, 4) is 22.9 Å². The molecule has 14 nitrogen and oxygen atoms in total. The number of halogens is 2. The summed E-state index contributed by atoms with van der Waals surface area (Å²) < 4.78 is 19.7. The van der Waals surface area contributed by atoms with Gasteiger partial charge in [-0.2, -0.15) is 0 Å². The first-order valence-electron chi connectivity index (χ1n) is 18.8. The van der Waals surface area contributed by atoms with Gasteiger partial charge in [0.2, 0.25) is 5.91 Å². The van der Waals surface area contributed by atoms with Crippen LogP contribution in [0.15, 0.2) is 94.9 Å². The number of rotatable bonds is 9. The number of aryl methyl sites for hydroxylation is 2. The third-order valence-electron chi connectivity index (χ3n) is 9.84. The molecule has 0 saturated heterocycles. The fourth-order valence-corrected chi connectivity index (χ4v) is 7.29. The Morgan fingerprint density at radius 1 is 0.644 bits per heavy atom. The van der Waals surface area contributed by atoms with Gasteiger partial charge in [-0.05, 0) is 81.4 Å². The van der Waals surface area contributed by atoms with E-state index >= 15 is 0 Å². The Bertz CT molecular complexity index is 2580. The highest BCUT2D eigenvalue weighted by atomic mass is 35.5. The smallest absolute Gasteiger partial charge is 0.308 e. The quantitative estimate of drug-likeness (QED) is 0.147. The van der Waals surface area contributed by atoms with E-state index in [-0.39, 0.29) is 24.7 Å². The lowest BCUT2D eigenvalue weighted by atomic mass is 10.00. The van der Waals surface area contributed by atoms with E-state index in [1.54, 1.807) is 14.2 Å². The van der Waals surface area contributed by atoms with E-state index in [4.69, 9.17) is 47.4 Å². The summed E-state index contributed by atoms with van der Waals surface area (Å²) in [5.41, 5.74) is 6.71. The fraction of sp³-hybridized carbons (Fsp3) is 0.256. The van der Waals surface area contributed by atoms with Crippen LogP contribution < -0.4 is 14.8 Å². The molecule has 16 heteroatoms. The van der Waals surface area contributed by atoms with Gasteiger partial charge in [-0.15, -0.1) is 20.4 Å². The Morgan fingerprint density at radius 2 is 1.08 bits per heavy atom. The van der Waals surface area contributed by atoms with Gasteiger partial charge in [-0.3, -0.25) is 28.7 Å². The van der Waals surface area contributed by atoms with Crippen molar-refractivity contribution < 1.29 is 23.8 Å². The first kappa shape index (κ1) is 40.8. The van der Waals surface area contributed by atoms with Gasteiger partial charge in [0.25, 0.3) is 0 Å². The maximum Gasteiger partial charge on any atom is 0.308 e. The van der Waals surface area contributed by atoms with E-state index in [9.17, 15) is 9.59 Å². The predicted molar refractivity (Wildman–Crippen MR) is 225 cm³/mol. The van der Waals surface area contributed by atoms with E-state index in [2.05, 4.69) is 25.7 Å². The summed E-state index contributed by atoms with van der Waals surface area (Å²) in [6.07, 6.45) is 0.227. The molecule has 2 aliphatic heterocycles. The molecular formula is C43H41Cl2N9O5. The summed E-state index contributed by atoms with van der Waals surface area (Å²) in [5, 5.41) is 21.3. The van der Waals surface area contributed by atoms with Crippen LogP contribution in [-0.4, -0.2) is 80.7 Å². The Morgan fingerprint density at radius 3 is 1.49 bits per heavy atom. The summed E-state index contributed by atoms with van der Waals surface area (Å²) in [4.78, 5) is 34.4. The molecule has 1 amide bonds. The largest absolute Gasteiger partial charge is 0.497 e. The van der Waals surface area contributed by atoms with Crippen molar-refractivity contribution in [2.24, 2.45) is 9.98 Å². The van der Waals surface area contributed by atoms with E-state index in [1.807, 2.05) is 115 Å². The standard InChI is InChI=1S/C22H22ClN5O2.C21H19ClN4O3/c1-4-24-20(29)12-18-22-27-26-13(2)28(22)19-10-9-16(30-3)11-17(19)21(25-18)14-5-7-15(23)8-6-14;1-12-24-25-21-17(11-19(27)29-3)23-20(13-4-6-14(22)7-5-13)16-10-15(28-2)8-9-18(16)26(12)21/h5-11,18H,4,12H2,1-3H3,(H,24,29);4-10,17H,11H2,1-3H3/t18-;17-/m00/s1. The maximum atomic E-state index is 12.4. The van der Waals surface area contributed by atoms with Crippen LogP contribution >= 0.6 is 23.2 Å². The summed E-state index contributed by atoms with van der Waals surface area (Å²) in [6.45, 7) is 6.21. The highest BCUT2D eigenvalue weighted by molar-refractivity contribution is 6.31. The summed E-state index contributed by atoms with van der Waals surface area (Å²) in [5.74, 6) is 3.60. The lowest BCUT2D eigenvalue weighted by Crippen LogP contribution is -2.25. The van der Waals surface area contributed by atoms with Gasteiger partial charge in [-0.1, -0.05) is 47.5 Å². The molecule has 0 aliphatic carbocycles. The van der Waals surface area contributed by atoms with Gasteiger partial charge < -0.3 is 19.5 Å². The average Bonchev–Trinajstić information content (AvgIpc) is 3.75. The minimum atomic E-state index is -0.548. The van der Waals surface area contributed by atoms with Crippen LogP contribution in [0.2, 0.25) is 10.0 Å². The number of fused-ring (bicyclic) bond motifs is 6. The number of aromatic nitrogens is 6. The molecule has 0 spiro atoms. The minimum absolute atomic E-state index is 0.0524. The topological polar surface area (TPSA) is 160 Å². The Labute approximate surface area is 350 Å². The van der Waals surface area contributed by atoms with Crippen LogP contribution in [0.5, 0.6) is 11.5 Å². The van der Waals surface area contributed by atoms with Gasteiger partial charge in [0.05, 0.1) is 57.0 Å². The zero-order chi connectivity index (χ0) is 41.8. The molecule has 0 radical (unpaired) electrons. The third kappa shape index (κ3) is 8.45. The molecule has 6 aromatic rings. The number of aliphatic imine (C=N–C) groups is 2. The molecule has 59 heavy (non-hydrogen) atoms. The second kappa shape index (κ2) is 17.6. The maximum absolute atomic E-state index is 12.4. The summed E-state index contributed by atoms with van der Waals surface area (Å²) >= 11 is 12.2. The summed E-state index contributed by atoms with van der Waals surface area (Å²) in [7, 11) is 4.61. The zero-order valence-corrected chi connectivity index (χ0v) is 34.7. The van der Waals surface area contributed by atoms with Crippen molar-refractivity contribution in [1.29, 1.82) is 0 Å². The van der Waals surface area contributed by atoms with Crippen molar-refractivity contribution in [1.82, 2.24) is 34.8 Å². The van der Waals surface area contributed by atoms with Crippen LogP contribution in [0.1, 0.15) is 77.4 Å². The van der Waals surface area contributed by atoms with Crippen LogP contribution in [0, 0.1) is 13.8 Å². The second-order valence-electron chi connectivity index (χ2n) is 13.6. The lowest BCUT2D eigenvalue weighted by molar-refractivity contribution is -0.141. The van der Waals surface area contributed by atoms with Crippen LogP contribution in [0.4, 0.5) is 0 Å². The molecule has 302 valence electrons. The second-order valence-corrected chi connectivity index (χ2v) is 14.5. The molecule has 0 fully saturated rings.